The van der Waals surface area contributed by atoms with Gasteiger partial charge in [0, 0.05) is 18.2 Å². The van der Waals surface area contributed by atoms with E-state index in [1.54, 1.807) is 23.9 Å². The number of nitrogens with zero attached hydrogens (tertiary/aromatic N) is 2. The maximum atomic E-state index is 9.59. The molecule has 2 rings (SSSR count). The van der Waals surface area contributed by atoms with E-state index in [1.165, 1.54) is 0 Å². The Labute approximate surface area is 111 Å². The summed E-state index contributed by atoms with van der Waals surface area (Å²) in [7, 11) is 1.79. The van der Waals surface area contributed by atoms with Crippen LogP contribution in [0, 0.1) is 13.8 Å². The van der Waals surface area contributed by atoms with Gasteiger partial charge in [-0.15, -0.1) is 0 Å². The van der Waals surface area contributed by atoms with Crippen molar-refractivity contribution in [3.05, 3.63) is 40.2 Å². The zero-order valence-corrected chi connectivity index (χ0v) is 11.3. The summed E-state index contributed by atoms with van der Waals surface area (Å²) in [6.45, 7) is 4.03. The van der Waals surface area contributed by atoms with Crippen LogP contribution in [-0.2, 0) is 13.7 Å². The molecular formula is C13H15ClN2O2. The van der Waals surface area contributed by atoms with Crippen molar-refractivity contribution in [1.82, 2.24) is 9.78 Å². The van der Waals surface area contributed by atoms with Crippen LogP contribution >= 0.6 is 11.6 Å². The van der Waals surface area contributed by atoms with Gasteiger partial charge in [-0.2, -0.15) is 5.10 Å². The molecule has 0 amide bonds. The monoisotopic (exact) mass is 266 g/mol. The smallest absolute Gasteiger partial charge is 0.133 e. The van der Waals surface area contributed by atoms with Gasteiger partial charge in [0.25, 0.3) is 0 Å². The fourth-order valence-corrected chi connectivity index (χ4v) is 1.98. The lowest BCUT2D eigenvalue weighted by atomic mass is 10.2. The quantitative estimate of drug-likeness (QED) is 0.929. The molecule has 18 heavy (non-hydrogen) atoms. The minimum atomic E-state index is 0.224. The van der Waals surface area contributed by atoms with Crippen molar-refractivity contribution in [1.29, 1.82) is 0 Å². The molecule has 0 radical (unpaired) electrons. The molecule has 0 spiro atoms. The molecule has 1 aromatic heterocycles. The van der Waals surface area contributed by atoms with Gasteiger partial charge >= 0.3 is 0 Å². The van der Waals surface area contributed by atoms with Gasteiger partial charge in [0.1, 0.15) is 23.3 Å². The summed E-state index contributed by atoms with van der Waals surface area (Å²) in [5, 5.41) is 14.4. The highest BCUT2D eigenvalue weighted by Gasteiger charge is 2.12. The predicted molar refractivity (Wildman–Crippen MR) is 70.1 cm³/mol. The normalized spacial score (nSPS) is 10.7. The topological polar surface area (TPSA) is 47.3 Å². The second-order valence-electron chi connectivity index (χ2n) is 4.17. The lowest BCUT2D eigenvalue weighted by Gasteiger charge is -2.09. The third kappa shape index (κ3) is 2.29. The zero-order chi connectivity index (χ0) is 13.3. The van der Waals surface area contributed by atoms with Crippen molar-refractivity contribution in [2.75, 3.05) is 0 Å². The highest BCUT2D eigenvalue weighted by Crippen LogP contribution is 2.28. The number of phenols is 1. The lowest BCUT2D eigenvalue weighted by molar-refractivity contribution is 0.301. The average Bonchev–Trinajstić information content (AvgIpc) is 2.56. The van der Waals surface area contributed by atoms with Gasteiger partial charge in [-0.3, -0.25) is 4.68 Å². The van der Waals surface area contributed by atoms with E-state index < -0.39 is 0 Å². The molecule has 0 aliphatic heterocycles. The first kappa shape index (κ1) is 12.8. The SMILES string of the molecule is Cc1nn(C)c(Cl)c1COc1cccc(O)c1C. The first-order chi connectivity index (χ1) is 8.50. The summed E-state index contributed by atoms with van der Waals surface area (Å²) in [6, 6.07) is 5.19. The van der Waals surface area contributed by atoms with Crippen molar-refractivity contribution in [2.45, 2.75) is 20.5 Å². The highest BCUT2D eigenvalue weighted by molar-refractivity contribution is 6.30. The molecule has 0 bridgehead atoms. The fourth-order valence-electron chi connectivity index (χ4n) is 1.75. The minimum Gasteiger partial charge on any atom is -0.508 e. The molecule has 0 unspecified atom stereocenters. The maximum Gasteiger partial charge on any atom is 0.133 e. The molecule has 0 atom stereocenters. The minimum absolute atomic E-state index is 0.224. The van der Waals surface area contributed by atoms with Gasteiger partial charge in [-0.05, 0) is 26.0 Å². The molecule has 0 aliphatic rings. The standard InChI is InChI=1S/C13H15ClN2O2/c1-8-11(17)5-4-6-12(8)18-7-10-9(2)15-16(3)13(10)14/h4-6,17H,7H2,1-3H3. The fraction of sp³-hybridized carbons (Fsp3) is 0.308. The number of ether oxygens (including phenoxy) is 1. The van der Waals surface area contributed by atoms with E-state index >= 15 is 0 Å². The van der Waals surface area contributed by atoms with Crippen LogP contribution in [0.4, 0.5) is 0 Å². The summed E-state index contributed by atoms with van der Waals surface area (Å²) >= 11 is 6.12. The van der Waals surface area contributed by atoms with Crippen LogP contribution in [0.3, 0.4) is 0 Å². The molecule has 0 saturated heterocycles. The van der Waals surface area contributed by atoms with Crippen molar-refractivity contribution >= 4 is 11.6 Å². The summed E-state index contributed by atoms with van der Waals surface area (Å²) in [4.78, 5) is 0. The van der Waals surface area contributed by atoms with Gasteiger partial charge in [-0.1, -0.05) is 17.7 Å². The Morgan fingerprint density at radius 2 is 2.11 bits per heavy atom. The molecule has 0 saturated carbocycles. The number of aryl methyl sites for hydroxylation is 2. The van der Waals surface area contributed by atoms with Crippen LogP contribution in [0.2, 0.25) is 5.15 Å². The molecular weight excluding hydrogens is 252 g/mol. The number of hydrogen-bond donors (Lipinski definition) is 1. The largest absolute Gasteiger partial charge is 0.508 e. The molecule has 4 nitrogen and oxygen atoms in total. The first-order valence-electron chi connectivity index (χ1n) is 5.60. The van der Waals surface area contributed by atoms with Crippen LogP contribution in [0.5, 0.6) is 11.5 Å². The molecule has 2 aromatic rings. The maximum absolute atomic E-state index is 9.59. The second kappa shape index (κ2) is 4.90. The van der Waals surface area contributed by atoms with Crippen LogP contribution in [0.25, 0.3) is 0 Å². The summed E-state index contributed by atoms with van der Waals surface area (Å²) < 4.78 is 7.30. The van der Waals surface area contributed by atoms with Crippen LogP contribution in [0.1, 0.15) is 16.8 Å². The molecule has 1 heterocycles. The van der Waals surface area contributed by atoms with Gasteiger partial charge in [0.2, 0.25) is 0 Å². The van der Waals surface area contributed by atoms with E-state index in [-0.39, 0.29) is 5.75 Å². The van der Waals surface area contributed by atoms with E-state index in [1.807, 2.05) is 19.9 Å². The second-order valence-corrected chi connectivity index (χ2v) is 4.53. The van der Waals surface area contributed by atoms with Crippen LogP contribution in [0.15, 0.2) is 18.2 Å². The van der Waals surface area contributed by atoms with Gasteiger partial charge in [-0.25, -0.2) is 0 Å². The van der Waals surface area contributed by atoms with E-state index in [9.17, 15) is 5.11 Å². The Balaban J connectivity index is 2.19. The number of hydrogen-bond acceptors (Lipinski definition) is 3. The van der Waals surface area contributed by atoms with Crippen molar-refractivity contribution in [2.24, 2.45) is 7.05 Å². The van der Waals surface area contributed by atoms with E-state index in [4.69, 9.17) is 16.3 Å². The first-order valence-corrected chi connectivity index (χ1v) is 5.98. The van der Waals surface area contributed by atoms with Crippen molar-refractivity contribution in [3.8, 4) is 11.5 Å². The average molecular weight is 267 g/mol. The third-order valence-corrected chi connectivity index (χ3v) is 3.37. The predicted octanol–water partition coefficient (Wildman–Crippen LogP) is 2.97. The Morgan fingerprint density at radius 3 is 2.72 bits per heavy atom. The molecule has 0 aliphatic carbocycles. The third-order valence-electron chi connectivity index (χ3n) is 2.90. The van der Waals surface area contributed by atoms with Gasteiger partial charge < -0.3 is 9.84 Å². The Morgan fingerprint density at radius 1 is 1.39 bits per heavy atom. The van der Waals surface area contributed by atoms with Gasteiger partial charge in [0.05, 0.1) is 5.69 Å². The molecule has 96 valence electrons. The Hall–Kier alpha value is -1.68. The summed E-state index contributed by atoms with van der Waals surface area (Å²) in [5.41, 5.74) is 2.43. The Kier molecular flexibility index (Phi) is 3.48. The van der Waals surface area contributed by atoms with E-state index in [2.05, 4.69) is 5.10 Å². The number of halogens is 1. The Bertz CT molecular complexity index is 579. The number of benzene rings is 1. The molecule has 1 N–H and O–H groups in total. The van der Waals surface area contributed by atoms with Crippen molar-refractivity contribution < 1.29 is 9.84 Å². The molecule has 1 aromatic carbocycles. The zero-order valence-electron chi connectivity index (χ0n) is 10.6. The van der Waals surface area contributed by atoms with Crippen molar-refractivity contribution in [3.63, 3.8) is 0 Å². The van der Waals surface area contributed by atoms with Crippen LogP contribution in [-0.4, -0.2) is 14.9 Å². The molecule has 0 fully saturated rings. The van der Waals surface area contributed by atoms with E-state index in [0.29, 0.717) is 17.5 Å². The number of rotatable bonds is 3. The molecule has 5 heteroatoms. The number of aromatic hydroxyl groups is 1. The van der Waals surface area contributed by atoms with Crippen LogP contribution < -0.4 is 4.74 Å². The highest BCUT2D eigenvalue weighted by atomic mass is 35.5. The lowest BCUT2D eigenvalue weighted by Crippen LogP contribution is -1.98. The number of phenolic OH excluding ortho intramolecular Hbond substituents is 1. The summed E-state index contributed by atoms with van der Waals surface area (Å²) in [6.07, 6.45) is 0. The number of aromatic nitrogens is 2. The van der Waals surface area contributed by atoms with E-state index in [0.717, 1.165) is 16.8 Å². The summed E-state index contributed by atoms with van der Waals surface area (Å²) in [5.74, 6) is 0.871. The van der Waals surface area contributed by atoms with Gasteiger partial charge in [0.15, 0.2) is 0 Å².